The zero-order chi connectivity index (χ0) is 14.3. The molecule has 1 heterocycles. The lowest BCUT2D eigenvalue weighted by Gasteiger charge is -1.97. The van der Waals surface area contributed by atoms with Crippen molar-refractivity contribution >= 4 is 33.7 Å². The third-order valence-corrected chi connectivity index (χ3v) is 3.30. The van der Waals surface area contributed by atoms with Gasteiger partial charge in [0.05, 0.1) is 6.42 Å². The van der Waals surface area contributed by atoms with Crippen molar-refractivity contribution < 1.29 is 19.1 Å². The maximum absolute atomic E-state index is 11.4. The van der Waals surface area contributed by atoms with Crippen LogP contribution in [-0.4, -0.2) is 16.9 Å². The first-order valence-corrected chi connectivity index (χ1v) is 6.22. The van der Waals surface area contributed by atoms with Crippen molar-refractivity contribution in [2.24, 2.45) is 0 Å². The van der Waals surface area contributed by atoms with E-state index >= 15 is 0 Å². The number of furan rings is 1. The van der Waals surface area contributed by atoms with E-state index in [-0.39, 0.29) is 12.2 Å². The lowest BCUT2D eigenvalue weighted by Crippen LogP contribution is -1.99. The van der Waals surface area contributed by atoms with Crippen LogP contribution >= 0.6 is 0 Å². The van der Waals surface area contributed by atoms with E-state index in [1.165, 1.54) is 6.92 Å². The Morgan fingerprint density at radius 2 is 1.85 bits per heavy atom. The fourth-order valence-corrected chi connectivity index (χ4v) is 2.33. The van der Waals surface area contributed by atoms with Gasteiger partial charge >= 0.3 is 5.97 Å². The molecular formula is C16H12O4. The number of hydrogen-bond acceptors (Lipinski definition) is 3. The normalized spacial score (nSPS) is 11.1. The number of carboxylic acid groups (broad SMARTS) is 1. The van der Waals surface area contributed by atoms with E-state index in [0.29, 0.717) is 22.3 Å². The highest BCUT2D eigenvalue weighted by atomic mass is 16.4. The molecule has 0 aliphatic rings. The number of hydrogen-bond donors (Lipinski definition) is 1. The lowest BCUT2D eigenvalue weighted by atomic mass is 10.1. The van der Waals surface area contributed by atoms with Crippen LogP contribution in [0.15, 0.2) is 40.8 Å². The Labute approximate surface area is 114 Å². The third kappa shape index (κ3) is 2.05. The summed E-state index contributed by atoms with van der Waals surface area (Å²) in [6.07, 6.45) is -0.0360. The van der Waals surface area contributed by atoms with E-state index in [9.17, 15) is 9.59 Å². The minimum absolute atomic E-state index is 0.00347. The fourth-order valence-electron chi connectivity index (χ4n) is 2.33. The molecule has 0 fully saturated rings. The maximum Gasteiger partial charge on any atom is 0.307 e. The van der Waals surface area contributed by atoms with Crippen LogP contribution in [-0.2, 0) is 11.2 Å². The van der Waals surface area contributed by atoms with Gasteiger partial charge in [0.1, 0.15) is 11.2 Å². The summed E-state index contributed by atoms with van der Waals surface area (Å²) in [6, 6.07) is 10.6. The van der Waals surface area contributed by atoms with Gasteiger partial charge in [0, 0.05) is 16.3 Å². The van der Waals surface area contributed by atoms with Gasteiger partial charge in [-0.2, -0.15) is 0 Å². The number of fused-ring (bicyclic) bond motifs is 3. The lowest BCUT2D eigenvalue weighted by molar-refractivity contribution is -0.136. The molecular weight excluding hydrogens is 256 g/mol. The molecule has 4 nitrogen and oxygen atoms in total. The number of aliphatic carboxylic acids is 1. The molecule has 0 radical (unpaired) electrons. The number of ketones is 1. The molecule has 0 unspecified atom stereocenters. The quantitative estimate of drug-likeness (QED) is 0.739. The van der Waals surface area contributed by atoms with Gasteiger partial charge in [0.2, 0.25) is 0 Å². The molecule has 4 heteroatoms. The van der Waals surface area contributed by atoms with E-state index in [2.05, 4.69) is 0 Å². The average Bonchev–Trinajstić information content (AvgIpc) is 2.74. The SMILES string of the molecule is CC(=O)c1ccc2oc3cc(CC(=O)O)ccc3c2c1. The van der Waals surface area contributed by atoms with Crippen molar-refractivity contribution in [1.82, 2.24) is 0 Å². The summed E-state index contributed by atoms with van der Waals surface area (Å²) in [5.74, 6) is -0.872. The highest BCUT2D eigenvalue weighted by molar-refractivity contribution is 6.08. The summed E-state index contributed by atoms with van der Waals surface area (Å²) in [6.45, 7) is 1.52. The molecule has 0 spiro atoms. The van der Waals surface area contributed by atoms with Gasteiger partial charge in [-0.3, -0.25) is 9.59 Å². The van der Waals surface area contributed by atoms with Crippen molar-refractivity contribution in [3.8, 4) is 0 Å². The van der Waals surface area contributed by atoms with E-state index < -0.39 is 5.97 Å². The number of carboxylic acids is 1. The van der Waals surface area contributed by atoms with Crippen LogP contribution in [0.2, 0.25) is 0 Å². The first kappa shape index (κ1) is 12.4. The van der Waals surface area contributed by atoms with Gasteiger partial charge in [-0.25, -0.2) is 0 Å². The summed E-state index contributed by atoms with van der Waals surface area (Å²) >= 11 is 0. The van der Waals surface area contributed by atoms with Crippen molar-refractivity contribution in [1.29, 1.82) is 0 Å². The smallest absolute Gasteiger partial charge is 0.307 e. The second-order valence-corrected chi connectivity index (χ2v) is 4.77. The summed E-state index contributed by atoms with van der Waals surface area (Å²) in [7, 11) is 0. The Hall–Kier alpha value is -2.62. The summed E-state index contributed by atoms with van der Waals surface area (Å²) in [5.41, 5.74) is 2.66. The average molecular weight is 268 g/mol. The summed E-state index contributed by atoms with van der Waals surface area (Å²) in [5, 5.41) is 10.6. The van der Waals surface area contributed by atoms with Gasteiger partial charge in [0.25, 0.3) is 0 Å². The Balaban J connectivity index is 2.21. The second kappa shape index (κ2) is 4.49. The first-order valence-electron chi connectivity index (χ1n) is 6.22. The Bertz CT molecular complexity index is 842. The molecule has 0 aliphatic carbocycles. The molecule has 1 N–H and O–H groups in total. The molecule has 0 saturated carbocycles. The van der Waals surface area contributed by atoms with E-state index in [1.807, 2.05) is 6.07 Å². The Morgan fingerprint density at radius 3 is 2.55 bits per heavy atom. The number of carbonyl (C=O) groups excluding carboxylic acids is 1. The Morgan fingerprint density at radius 1 is 1.05 bits per heavy atom. The highest BCUT2D eigenvalue weighted by Crippen LogP contribution is 2.30. The molecule has 0 atom stereocenters. The van der Waals surface area contributed by atoms with E-state index in [1.54, 1.807) is 30.3 Å². The van der Waals surface area contributed by atoms with Gasteiger partial charge < -0.3 is 9.52 Å². The molecule has 1 aromatic heterocycles. The zero-order valence-electron chi connectivity index (χ0n) is 10.8. The molecule has 20 heavy (non-hydrogen) atoms. The topological polar surface area (TPSA) is 67.5 Å². The molecule has 2 aromatic carbocycles. The standard InChI is InChI=1S/C16H12O4/c1-9(17)11-3-5-14-13(8-11)12-4-2-10(7-16(18)19)6-15(12)20-14/h2-6,8H,7H2,1H3,(H,18,19). The number of benzene rings is 2. The predicted molar refractivity (Wildman–Crippen MR) is 75.1 cm³/mol. The van der Waals surface area contributed by atoms with Crippen LogP contribution in [0.25, 0.3) is 21.9 Å². The molecule has 3 aromatic rings. The van der Waals surface area contributed by atoms with Crippen molar-refractivity contribution in [2.45, 2.75) is 13.3 Å². The zero-order valence-corrected chi connectivity index (χ0v) is 10.8. The van der Waals surface area contributed by atoms with Crippen LogP contribution in [0, 0.1) is 0 Å². The highest BCUT2D eigenvalue weighted by Gasteiger charge is 2.10. The van der Waals surface area contributed by atoms with E-state index in [4.69, 9.17) is 9.52 Å². The fraction of sp³-hybridized carbons (Fsp3) is 0.125. The van der Waals surface area contributed by atoms with Crippen LogP contribution in [0.1, 0.15) is 22.8 Å². The van der Waals surface area contributed by atoms with Crippen molar-refractivity contribution in [3.63, 3.8) is 0 Å². The molecule has 0 saturated heterocycles. The van der Waals surface area contributed by atoms with Gasteiger partial charge in [-0.15, -0.1) is 0 Å². The van der Waals surface area contributed by atoms with Crippen molar-refractivity contribution in [3.05, 3.63) is 47.5 Å². The molecule has 0 amide bonds. The van der Waals surface area contributed by atoms with Crippen LogP contribution in [0.4, 0.5) is 0 Å². The van der Waals surface area contributed by atoms with Gasteiger partial charge in [-0.05, 0) is 36.8 Å². The summed E-state index contributed by atoms with van der Waals surface area (Å²) in [4.78, 5) is 22.2. The van der Waals surface area contributed by atoms with Crippen LogP contribution in [0.5, 0.6) is 0 Å². The number of Topliss-reactive ketones (excluding diaryl/α,β-unsaturated/α-hetero) is 1. The predicted octanol–water partition coefficient (Wildman–Crippen LogP) is 3.42. The largest absolute Gasteiger partial charge is 0.481 e. The number of carbonyl (C=O) groups is 2. The molecule has 100 valence electrons. The van der Waals surface area contributed by atoms with Gasteiger partial charge in [-0.1, -0.05) is 12.1 Å². The van der Waals surface area contributed by atoms with E-state index in [0.717, 1.165) is 10.8 Å². The molecule has 3 rings (SSSR count). The maximum atomic E-state index is 11.4. The van der Waals surface area contributed by atoms with Crippen molar-refractivity contribution in [2.75, 3.05) is 0 Å². The molecule has 0 aliphatic heterocycles. The molecule has 0 bridgehead atoms. The first-order chi connectivity index (χ1) is 9.54. The summed E-state index contributed by atoms with van der Waals surface area (Å²) < 4.78 is 5.71. The second-order valence-electron chi connectivity index (χ2n) is 4.77. The Kier molecular flexibility index (Phi) is 2.79. The third-order valence-electron chi connectivity index (χ3n) is 3.30. The minimum Gasteiger partial charge on any atom is -0.481 e. The van der Waals surface area contributed by atoms with Crippen LogP contribution < -0.4 is 0 Å². The number of rotatable bonds is 3. The minimum atomic E-state index is -0.876. The van der Waals surface area contributed by atoms with Crippen LogP contribution in [0.3, 0.4) is 0 Å². The monoisotopic (exact) mass is 268 g/mol. The van der Waals surface area contributed by atoms with Gasteiger partial charge in [0.15, 0.2) is 5.78 Å².